The molecule has 38 heavy (non-hydrogen) atoms. The van der Waals surface area contributed by atoms with Crippen LogP contribution in [0.2, 0.25) is 0 Å². The molecule has 2 aliphatic rings. The first kappa shape index (κ1) is 27.7. The van der Waals surface area contributed by atoms with Crippen LogP contribution in [0.1, 0.15) is 50.3 Å². The zero-order valence-corrected chi connectivity index (χ0v) is 22.4. The fourth-order valence-corrected chi connectivity index (χ4v) is 4.80. The second kappa shape index (κ2) is 13.4. The average Bonchev–Trinajstić information content (AvgIpc) is 3.21. The van der Waals surface area contributed by atoms with Gasteiger partial charge in [0.15, 0.2) is 0 Å². The number of Topliss-reactive ketones (excluding diaryl/α,β-unsaturated/α-hetero) is 1. The summed E-state index contributed by atoms with van der Waals surface area (Å²) in [6.45, 7) is 9.63. The van der Waals surface area contributed by atoms with E-state index >= 15 is 0 Å². The van der Waals surface area contributed by atoms with E-state index in [-0.39, 0.29) is 11.3 Å². The molecule has 0 bridgehead atoms. The molecule has 4 rings (SSSR count). The highest BCUT2D eigenvalue weighted by Crippen LogP contribution is 2.40. The highest BCUT2D eigenvalue weighted by atomic mass is 16.5. The van der Waals surface area contributed by atoms with Crippen LogP contribution in [0, 0.1) is 0 Å². The summed E-state index contributed by atoms with van der Waals surface area (Å²) in [5.74, 6) is -0.0321. The fraction of sp³-hybridized carbons (Fsp3) is 0.467. The van der Waals surface area contributed by atoms with Gasteiger partial charge in [-0.25, -0.2) is 0 Å². The number of hydrogen-bond donors (Lipinski definition) is 1. The van der Waals surface area contributed by atoms with Crippen molar-refractivity contribution in [1.29, 1.82) is 0 Å². The summed E-state index contributed by atoms with van der Waals surface area (Å²) in [4.78, 5) is 30.5. The Morgan fingerprint density at radius 1 is 0.895 bits per heavy atom. The van der Waals surface area contributed by atoms with Gasteiger partial charge in [-0.05, 0) is 61.2 Å². The van der Waals surface area contributed by atoms with E-state index in [4.69, 9.17) is 14.2 Å². The summed E-state index contributed by atoms with van der Waals surface area (Å²) < 4.78 is 16.8. The summed E-state index contributed by atoms with van der Waals surface area (Å²) in [7, 11) is 0. The molecule has 2 aromatic rings. The van der Waals surface area contributed by atoms with E-state index in [2.05, 4.69) is 4.90 Å². The SMILES string of the molecule is CCCOc1ccc(/C(O)=C2\C(=O)C(=O)N(CCCN3CCOCC3)[C@H]2c2ccc(OCCC)cc2)cc1. The van der Waals surface area contributed by atoms with Crippen molar-refractivity contribution in [2.24, 2.45) is 0 Å². The number of ketones is 1. The minimum absolute atomic E-state index is 0.103. The van der Waals surface area contributed by atoms with Crippen molar-refractivity contribution in [2.75, 3.05) is 52.6 Å². The number of aliphatic hydroxyl groups excluding tert-OH is 1. The van der Waals surface area contributed by atoms with Gasteiger partial charge in [0, 0.05) is 31.7 Å². The third-order valence-electron chi connectivity index (χ3n) is 6.79. The molecule has 204 valence electrons. The molecule has 8 nitrogen and oxygen atoms in total. The number of nitrogens with zero attached hydrogens (tertiary/aromatic N) is 2. The number of rotatable bonds is 12. The number of benzene rings is 2. The van der Waals surface area contributed by atoms with Gasteiger partial charge in [0.1, 0.15) is 17.3 Å². The smallest absolute Gasteiger partial charge is 0.295 e. The molecule has 0 saturated carbocycles. The third-order valence-corrected chi connectivity index (χ3v) is 6.79. The Hall–Kier alpha value is -3.36. The first-order valence-electron chi connectivity index (χ1n) is 13.6. The van der Waals surface area contributed by atoms with E-state index in [9.17, 15) is 14.7 Å². The zero-order valence-electron chi connectivity index (χ0n) is 22.4. The standard InChI is InChI=1S/C30H38N2O6/c1-3-18-37-24-10-6-22(7-11-24)27-26(28(33)23-8-12-25(13-9-23)38-19-4-2)29(34)30(35)32(27)15-5-14-31-16-20-36-21-17-31/h6-13,27,33H,3-5,14-21H2,1-2H3/b28-26+/t27-/m0/s1. The normalized spacial score (nSPS) is 19.6. The van der Waals surface area contributed by atoms with Crippen LogP contribution in [0.25, 0.3) is 5.76 Å². The number of aliphatic hydroxyl groups is 1. The lowest BCUT2D eigenvalue weighted by atomic mass is 9.95. The number of ether oxygens (including phenoxy) is 3. The van der Waals surface area contributed by atoms with Gasteiger partial charge in [-0.1, -0.05) is 26.0 Å². The summed E-state index contributed by atoms with van der Waals surface area (Å²) >= 11 is 0. The van der Waals surface area contributed by atoms with Gasteiger partial charge >= 0.3 is 0 Å². The summed E-state index contributed by atoms with van der Waals surface area (Å²) in [6, 6.07) is 13.7. The number of carbonyl (C=O) groups excluding carboxylic acids is 2. The maximum absolute atomic E-state index is 13.3. The summed E-state index contributed by atoms with van der Waals surface area (Å²) in [6.07, 6.45) is 2.50. The van der Waals surface area contributed by atoms with Crippen LogP contribution in [0.15, 0.2) is 54.1 Å². The van der Waals surface area contributed by atoms with Crippen molar-refractivity contribution < 1.29 is 28.9 Å². The lowest BCUT2D eigenvalue weighted by Crippen LogP contribution is -2.38. The molecule has 2 saturated heterocycles. The van der Waals surface area contributed by atoms with Crippen molar-refractivity contribution in [3.05, 3.63) is 65.2 Å². The van der Waals surface area contributed by atoms with Crippen LogP contribution in [0.3, 0.4) is 0 Å². The van der Waals surface area contributed by atoms with E-state index in [1.54, 1.807) is 29.2 Å². The van der Waals surface area contributed by atoms with Crippen molar-refractivity contribution in [3.63, 3.8) is 0 Å². The molecule has 0 spiro atoms. The predicted octanol–water partition coefficient (Wildman–Crippen LogP) is 4.41. The largest absolute Gasteiger partial charge is 0.507 e. The van der Waals surface area contributed by atoms with E-state index in [1.165, 1.54) is 0 Å². The van der Waals surface area contributed by atoms with Crippen molar-refractivity contribution >= 4 is 17.4 Å². The quantitative estimate of drug-likeness (QED) is 0.251. The monoisotopic (exact) mass is 522 g/mol. The highest BCUT2D eigenvalue weighted by Gasteiger charge is 2.45. The molecule has 2 heterocycles. The first-order chi connectivity index (χ1) is 18.5. The van der Waals surface area contributed by atoms with Crippen LogP contribution in [0.5, 0.6) is 11.5 Å². The van der Waals surface area contributed by atoms with Gasteiger partial charge in [0.05, 0.1) is 38.0 Å². The molecule has 0 radical (unpaired) electrons. The van der Waals surface area contributed by atoms with Crippen LogP contribution in [-0.4, -0.2) is 79.2 Å². The van der Waals surface area contributed by atoms with Crippen LogP contribution in [0.4, 0.5) is 0 Å². The Balaban J connectivity index is 1.63. The molecule has 2 fully saturated rings. The fourth-order valence-electron chi connectivity index (χ4n) is 4.80. The number of amides is 1. The van der Waals surface area contributed by atoms with Crippen molar-refractivity contribution in [2.45, 2.75) is 39.2 Å². The molecule has 8 heteroatoms. The second-order valence-corrected chi connectivity index (χ2v) is 9.59. The molecule has 0 aliphatic carbocycles. The minimum atomic E-state index is -0.684. The molecular weight excluding hydrogens is 484 g/mol. The van der Waals surface area contributed by atoms with E-state index < -0.39 is 17.7 Å². The average molecular weight is 523 g/mol. The molecule has 0 aromatic heterocycles. The molecular formula is C30H38N2O6. The number of morpholine rings is 1. The van der Waals surface area contributed by atoms with Gasteiger partial charge in [-0.3, -0.25) is 14.5 Å². The van der Waals surface area contributed by atoms with Crippen LogP contribution < -0.4 is 9.47 Å². The van der Waals surface area contributed by atoms with Gasteiger partial charge in [0.25, 0.3) is 11.7 Å². The topological polar surface area (TPSA) is 88.5 Å². The van der Waals surface area contributed by atoms with Gasteiger partial charge in [0.2, 0.25) is 0 Å². The van der Waals surface area contributed by atoms with Gasteiger partial charge in [-0.15, -0.1) is 0 Å². The molecule has 1 amide bonds. The Bertz CT molecular complexity index is 1110. The predicted molar refractivity (Wildman–Crippen MR) is 145 cm³/mol. The Labute approximate surface area is 224 Å². The van der Waals surface area contributed by atoms with Crippen LogP contribution in [-0.2, 0) is 14.3 Å². The maximum Gasteiger partial charge on any atom is 0.295 e. The van der Waals surface area contributed by atoms with Gasteiger partial charge < -0.3 is 24.2 Å². The lowest BCUT2D eigenvalue weighted by Gasteiger charge is -2.29. The molecule has 2 aliphatic heterocycles. The van der Waals surface area contributed by atoms with E-state index in [1.807, 2.05) is 38.1 Å². The molecule has 1 atom stereocenters. The number of hydrogen-bond acceptors (Lipinski definition) is 7. The lowest BCUT2D eigenvalue weighted by molar-refractivity contribution is -0.140. The molecule has 2 aromatic carbocycles. The number of carbonyl (C=O) groups is 2. The summed E-state index contributed by atoms with van der Waals surface area (Å²) in [5, 5.41) is 11.3. The molecule has 0 unspecified atom stereocenters. The third kappa shape index (κ3) is 6.55. The zero-order chi connectivity index (χ0) is 26.9. The minimum Gasteiger partial charge on any atom is -0.507 e. The maximum atomic E-state index is 13.3. The van der Waals surface area contributed by atoms with E-state index in [0.717, 1.165) is 43.8 Å². The van der Waals surface area contributed by atoms with E-state index in [0.29, 0.717) is 50.7 Å². The first-order valence-corrected chi connectivity index (χ1v) is 13.6. The van der Waals surface area contributed by atoms with Crippen molar-refractivity contribution in [3.8, 4) is 11.5 Å². The van der Waals surface area contributed by atoms with Crippen molar-refractivity contribution in [1.82, 2.24) is 9.80 Å². The Morgan fingerprint density at radius 2 is 1.47 bits per heavy atom. The Morgan fingerprint density at radius 3 is 2.05 bits per heavy atom. The van der Waals surface area contributed by atoms with Crippen LogP contribution >= 0.6 is 0 Å². The molecule has 1 N–H and O–H groups in total. The highest BCUT2D eigenvalue weighted by molar-refractivity contribution is 6.46. The second-order valence-electron chi connectivity index (χ2n) is 9.59. The number of likely N-dealkylation sites (tertiary alicyclic amines) is 1. The summed E-state index contributed by atoms with van der Waals surface area (Å²) in [5.41, 5.74) is 1.32. The van der Waals surface area contributed by atoms with Gasteiger partial charge in [-0.2, -0.15) is 0 Å². The Kier molecular flexibility index (Phi) is 9.79.